The first-order chi connectivity index (χ1) is 11.6. The number of allylic oxidation sites excluding steroid dienone is 2. The van der Waals surface area contributed by atoms with Crippen LogP contribution in [0.15, 0.2) is 42.5 Å². The van der Waals surface area contributed by atoms with Gasteiger partial charge in [0.25, 0.3) is 0 Å². The molecule has 2 rings (SSSR count). The fraction of sp³-hybridized carbons (Fsp3) is 0.400. The maximum absolute atomic E-state index is 12.6. The van der Waals surface area contributed by atoms with Gasteiger partial charge in [-0.2, -0.15) is 0 Å². The van der Waals surface area contributed by atoms with Crippen LogP contribution in [0.5, 0.6) is 0 Å². The molecular weight excluding hydrogens is 304 g/mol. The van der Waals surface area contributed by atoms with Crippen molar-refractivity contribution in [1.29, 1.82) is 0 Å². The molecule has 0 amide bonds. The first-order valence-electron chi connectivity index (χ1n) is 8.02. The molecule has 0 spiro atoms. The lowest BCUT2D eigenvalue weighted by molar-refractivity contribution is -0.172. The Morgan fingerprint density at radius 3 is 2.38 bits per heavy atom. The van der Waals surface area contributed by atoms with E-state index in [1.807, 2.05) is 42.5 Å². The van der Waals surface area contributed by atoms with Gasteiger partial charge in [0.2, 0.25) is 0 Å². The number of ether oxygens (including phenoxy) is 2. The normalized spacial score (nSPS) is 16.7. The number of carbonyl (C=O) groups is 2. The Hall–Kier alpha value is -2.54. The summed E-state index contributed by atoms with van der Waals surface area (Å²) in [6.45, 7) is 0. The summed E-state index contributed by atoms with van der Waals surface area (Å²) in [6.07, 6.45) is 6.58. The lowest BCUT2D eigenvalue weighted by atomic mass is 9.69. The predicted octanol–water partition coefficient (Wildman–Crippen LogP) is 3.12. The molecular formula is C20H22O4. The Labute approximate surface area is 142 Å². The molecule has 0 saturated carbocycles. The SMILES string of the molecule is COC(=O)C(CC#Cc1ccccc1)(C(=O)OC)C1C=CCCC1. The Morgan fingerprint density at radius 2 is 1.83 bits per heavy atom. The van der Waals surface area contributed by atoms with Gasteiger partial charge in [0.1, 0.15) is 0 Å². The molecule has 1 aromatic carbocycles. The minimum absolute atomic E-state index is 0.0657. The number of hydrogen-bond donors (Lipinski definition) is 0. The Morgan fingerprint density at radius 1 is 1.17 bits per heavy atom. The summed E-state index contributed by atoms with van der Waals surface area (Å²) in [4.78, 5) is 25.1. The molecule has 0 aliphatic heterocycles. The number of rotatable bonds is 4. The van der Waals surface area contributed by atoms with Gasteiger partial charge in [-0.15, -0.1) is 0 Å². The smallest absolute Gasteiger partial charge is 0.324 e. The van der Waals surface area contributed by atoms with Crippen LogP contribution in [0.3, 0.4) is 0 Å². The maximum atomic E-state index is 12.6. The third kappa shape index (κ3) is 3.68. The van der Waals surface area contributed by atoms with Crippen molar-refractivity contribution in [2.45, 2.75) is 25.7 Å². The van der Waals surface area contributed by atoms with Crippen molar-refractivity contribution in [2.24, 2.45) is 11.3 Å². The maximum Gasteiger partial charge on any atom is 0.324 e. The second-order valence-electron chi connectivity index (χ2n) is 5.76. The summed E-state index contributed by atoms with van der Waals surface area (Å²) in [6, 6.07) is 9.45. The van der Waals surface area contributed by atoms with Crippen LogP contribution in [0.25, 0.3) is 0 Å². The first kappa shape index (κ1) is 17.8. The van der Waals surface area contributed by atoms with Crippen molar-refractivity contribution in [2.75, 3.05) is 14.2 Å². The number of esters is 2. The average molecular weight is 326 g/mol. The Bertz CT molecular complexity index is 648. The molecule has 0 radical (unpaired) electrons. The minimum atomic E-state index is -1.41. The summed E-state index contributed by atoms with van der Waals surface area (Å²) >= 11 is 0. The highest BCUT2D eigenvalue weighted by Crippen LogP contribution is 2.40. The highest BCUT2D eigenvalue weighted by atomic mass is 16.5. The topological polar surface area (TPSA) is 52.6 Å². The third-order valence-electron chi connectivity index (χ3n) is 4.36. The van der Waals surface area contributed by atoms with Crippen molar-refractivity contribution in [1.82, 2.24) is 0 Å². The molecule has 24 heavy (non-hydrogen) atoms. The zero-order valence-electron chi connectivity index (χ0n) is 14.1. The van der Waals surface area contributed by atoms with E-state index in [1.165, 1.54) is 14.2 Å². The van der Waals surface area contributed by atoms with Gasteiger partial charge in [0, 0.05) is 17.9 Å². The van der Waals surface area contributed by atoms with Gasteiger partial charge in [-0.25, -0.2) is 0 Å². The number of hydrogen-bond acceptors (Lipinski definition) is 4. The van der Waals surface area contributed by atoms with Gasteiger partial charge in [-0.3, -0.25) is 9.59 Å². The van der Waals surface area contributed by atoms with Crippen LogP contribution >= 0.6 is 0 Å². The van der Waals surface area contributed by atoms with Crippen LogP contribution < -0.4 is 0 Å². The lowest BCUT2D eigenvalue weighted by Crippen LogP contribution is -2.47. The molecule has 1 aliphatic rings. The summed E-state index contributed by atoms with van der Waals surface area (Å²) in [5, 5.41) is 0. The van der Waals surface area contributed by atoms with E-state index in [9.17, 15) is 9.59 Å². The van der Waals surface area contributed by atoms with E-state index in [1.54, 1.807) is 0 Å². The average Bonchev–Trinajstić information content (AvgIpc) is 2.65. The molecule has 1 aliphatic carbocycles. The molecule has 0 saturated heterocycles. The number of methoxy groups -OCH3 is 2. The summed E-state index contributed by atoms with van der Waals surface area (Å²) in [5.74, 6) is 4.55. The van der Waals surface area contributed by atoms with Crippen molar-refractivity contribution in [3.63, 3.8) is 0 Å². The molecule has 1 unspecified atom stereocenters. The molecule has 4 heteroatoms. The van der Waals surface area contributed by atoms with Crippen LogP contribution in [-0.4, -0.2) is 26.2 Å². The highest BCUT2D eigenvalue weighted by Gasteiger charge is 2.53. The second-order valence-corrected chi connectivity index (χ2v) is 5.76. The predicted molar refractivity (Wildman–Crippen MR) is 90.9 cm³/mol. The van der Waals surface area contributed by atoms with Crippen LogP contribution in [-0.2, 0) is 19.1 Å². The molecule has 4 nitrogen and oxygen atoms in total. The van der Waals surface area contributed by atoms with Gasteiger partial charge >= 0.3 is 11.9 Å². The van der Waals surface area contributed by atoms with Gasteiger partial charge in [0.05, 0.1) is 14.2 Å². The molecule has 0 aromatic heterocycles. The second kappa shape index (κ2) is 8.35. The fourth-order valence-corrected chi connectivity index (χ4v) is 3.06. The molecule has 126 valence electrons. The van der Waals surface area contributed by atoms with E-state index in [2.05, 4.69) is 11.8 Å². The van der Waals surface area contributed by atoms with E-state index in [0.717, 1.165) is 24.8 Å². The highest BCUT2D eigenvalue weighted by molar-refractivity contribution is 6.01. The van der Waals surface area contributed by atoms with Crippen molar-refractivity contribution in [3.05, 3.63) is 48.0 Å². The van der Waals surface area contributed by atoms with Crippen LogP contribution in [0.2, 0.25) is 0 Å². The molecule has 0 N–H and O–H groups in total. The molecule has 1 aromatic rings. The van der Waals surface area contributed by atoms with E-state index >= 15 is 0 Å². The summed E-state index contributed by atoms with van der Waals surface area (Å²) in [7, 11) is 2.58. The zero-order valence-corrected chi connectivity index (χ0v) is 14.1. The van der Waals surface area contributed by atoms with E-state index in [0.29, 0.717) is 0 Å². The van der Waals surface area contributed by atoms with Crippen LogP contribution in [0.4, 0.5) is 0 Å². The quantitative estimate of drug-likeness (QED) is 0.369. The van der Waals surface area contributed by atoms with E-state index in [4.69, 9.17) is 9.47 Å². The van der Waals surface area contributed by atoms with Crippen LogP contribution in [0.1, 0.15) is 31.2 Å². The monoisotopic (exact) mass is 326 g/mol. The standard InChI is InChI=1S/C20H22O4/c1-23-18(21)20(19(22)24-2,17-13-7-4-8-14-17)15-9-12-16-10-5-3-6-11-16/h3,5-7,10-11,13,17H,4,8,14-15H2,1-2H3. The van der Waals surface area contributed by atoms with E-state index in [-0.39, 0.29) is 12.3 Å². The molecule has 0 bridgehead atoms. The van der Waals surface area contributed by atoms with Crippen LogP contribution in [0, 0.1) is 23.2 Å². The van der Waals surface area contributed by atoms with Gasteiger partial charge in [0.15, 0.2) is 5.41 Å². The third-order valence-corrected chi connectivity index (χ3v) is 4.36. The summed E-state index contributed by atoms with van der Waals surface area (Å²) < 4.78 is 9.91. The number of carbonyl (C=O) groups excluding carboxylic acids is 2. The van der Waals surface area contributed by atoms with Crippen molar-refractivity contribution >= 4 is 11.9 Å². The molecule has 1 atom stereocenters. The summed E-state index contributed by atoms with van der Waals surface area (Å²) in [5.41, 5.74) is -0.581. The fourth-order valence-electron chi connectivity index (χ4n) is 3.06. The largest absolute Gasteiger partial charge is 0.468 e. The lowest BCUT2D eigenvalue weighted by Gasteiger charge is -2.34. The van der Waals surface area contributed by atoms with E-state index < -0.39 is 17.4 Å². The molecule has 0 fully saturated rings. The van der Waals surface area contributed by atoms with Gasteiger partial charge in [-0.1, -0.05) is 42.2 Å². The van der Waals surface area contributed by atoms with Crippen molar-refractivity contribution in [3.8, 4) is 11.8 Å². The zero-order chi connectivity index (χ0) is 17.4. The first-order valence-corrected chi connectivity index (χ1v) is 8.02. The molecule has 0 heterocycles. The van der Waals surface area contributed by atoms with Gasteiger partial charge < -0.3 is 9.47 Å². The van der Waals surface area contributed by atoms with Gasteiger partial charge in [-0.05, 0) is 31.4 Å². The Kier molecular flexibility index (Phi) is 6.20. The Balaban J connectivity index is 2.38. The number of benzene rings is 1. The van der Waals surface area contributed by atoms with Crippen molar-refractivity contribution < 1.29 is 19.1 Å². The minimum Gasteiger partial charge on any atom is -0.468 e.